The Hall–Kier alpha value is -2.38. The van der Waals surface area contributed by atoms with E-state index in [9.17, 15) is 13.2 Å². The van der Waals surface area contributed by atoms with E-state index in [4.69, 9.17) is 4.74 Å². The number of amides is 1. The van der Waals surface area contributed by atoms with Crippen molar-refractivity contribution in [3.05, 3.63) is 53.6 Å². The molecule has 2 aromatic carbocycles. The van der Waals surface area contributed by atoms with Crippen molar-refractivity contribution >= 4 is 21.6 Å². The number of rotatable bonds is 7. The van der Waals surface area contributed by atoms with Crippen LogP contribution in [0.1, 0.15) is 43.7 Å². The number of piperidine rings is 1. The Morgan fingerprint density at radius 2 is 1.77 bits per heavy atom. The second-order valence-electron chi connectivity index (χ2n) is 7.76. The van der Waals surface area contributed by atoms with Crippen LogP contribution < -0.4 is 10.1 Å². The van der Waals surface area contributed by atoms with Crippen molar-refractivity contribution in [2.75, 3.05) is 18.5 Å². The first-order valence-corrected chi connectivity index (χ1v) is 11.9. The minimum Gasteiger partial charge on any atom is -0.483 e. The monoisotopic (exact) mass is 430 g/mol. The number of aryl methyl sites for hydroxylation is 2. The van der Waals surface area contributed by atoms with Crippen LogP contribution in [0, 0.1) is 13.8 Å². The fraction of sp³-hybridized carbons (Fsp3) is 0.435. The molecule has 0 unspecified atom stereocenters. The highest BCUT2D eigenvalue weighted by atomic mass is 32.2. The topological polar surface area (TPSA) is 75.7 Å². The van der Waals surface area contributed by atoms with Crippen molar-refractivity contribution in [1.82, 2.24) is 4.31 Å². The molecule has 1 amide bonds. The van der Waals surface area contributed by atoms with E-state index >= 15 is 0 Å². The molecule has 1 fully saturated rings. The number of para-hydroxylation sites is 1. The van der Waals surface area contributed by atoms with E-state index < -0.39 is 10.0 Å². The van der Waals surface area contributed by atoms with Gasteiger partial charge in [0.2, 0.25) is 10.0 Å². The van der Waals surface area contributed by atoms with E-state index in [1.807, 2.05) is 39.0 Å². The molecule has 0 bridgehead atoms. The third kappa shape index (κ3) is 5.02. The van der Waals surface area contributed by atoms with Crippen molar-refractivity contribution < 1.29 is 17.9 Å². The molecule has 162 valence electrons. The van der Waals surface area contributed by atoms with Crippen LogP contribution in [0.2, 0.25) is 0 Å². The van der Waals surface area contributed by atoms with Crippen LogP contribution in [0.4, 0.5) is 5.69 Å². The maximum absolute atomic E-state index is 13.0. The smallest absolute Gasteiger partial charge is 0.262 e. The third-order valence-electron chi connectivity index (χ3n) is 5.55. The molecule has 6 nitrogen and oxygen atoms in total. The zero-order valence-corrected chi connectivity index (χ0v) is 18.7. The van der Waals surface area contributed by atoms with Crippen LogP contribution in [0.3, 0.4) is 0 Å². The summed E-state index contributed by atoms with van der Waals surface area (Å²) in [6.07, 6.45) is 3.68. The second-order valence-corrected chi connectivity index (χ2v) is 9.65. The van der Waals surface area contributed by atoms with Crippen molar-refractivity contribution in [1.29, 1.82) is 0 Å². The molecule has 0 saturated carbocycles. The molecule has 0 aromatic heterocycles. The highest BCUT2D eigenvalue weighted by Gasteiger charge is 2.32. The number of anilines is 1. The van der Waals surface area contributed by atoms with Gasteiger partial charge in [-0.2, -0.15) is 4.31 Å². The summed E-state index contributed by atoms with van der Waals surface area (Å²) in [6, 6.07) is 12.2. The second kappa shape index (κ2) is 9.62. The van der Waals surface area contributed by atoms with Gasteiger partial charge in [-0.25, -0.2) is 8.42 Å². The van der Waals surface area contributed by atoms with Crippen molar-refractivity contribution in [2.45, 2.75) is 57.4 Å². The van der Waals surface area contributed by atoms with Gasteiger partial charge >= 0.3 is 0 Å². The predicted octanol–water partition coefficient (Wildman–Crippen LogP) is 4.27. The highest BCUT2D eigenvalue weighted by Crippen LogP contribution is 2.27. The lowest BCUT2D eigenvalue weighted by Crippen LogP contribution is -2.43. The van der Waals surface area contributed by atoms with Crippen molar-refractivity contribution in [2.24, 2.45) is 0 Å². The van der Waals surface area contributed by atoms with Crippen LogP contribution >= 0.6 is 0 Å². The normalized spacial score (nSPS) is 17.5. The van der Waals surface area contributed by atoms with Gasteiger partial charge < -0.3 is 10.1 Å². The summed E-state index contributed by atoms with van der Waals surface area (Å²) in [5, 5.41) is 2.76. The van der Waals surface area contributed by atoms with Gasteiger partial charge in [0, 0.05) is 18.3 Å². The number of sulfonamides is 1. The Balaban J connectivity index is 1.63. The summed E-state index contributed by atoms with van der Waals surface area (Å²) < 4.78 is 33.4. The van der Waals surface area contributed by atoms with Crippen LogP contribution in [-0.4, -0.2) is 37.8 Å². The first kappa shape index (κ1) is 22.3. The summed E-state index contributed by atoms with van der Waals surface area (Å²) in [5.41, 5.74) is 2.48. The summed E-state index contributed by atoms with van der Waals surface area (Å²) in [7, 11) is -3.53. The fourth-order valence-corrected chi connectivity index (χ4v) is 5.67. The summed E-state index contributed by atoms with van der Waals surface area (Å²) >= 11 is 0. The zero-order chi connectivity index (χ0) is 21.7. The van der Waals surface area contributed by atoms with Gasteiger partial charge in [-0.1, -0.05) is 31.5 Å². The number of carbonyl (C=O) groups is 1. The summed E-state index contributed by atoms with van der Waals surface area (Å²) in [5.74, 6) is 0.413. The lowest BCUT2D eigenvalue weighted by molar-refractivity contribution is -0.118. The number of benzene rings is 2. The molecule has 0 spiro atoms. The van der Waals surface area contributed by atoms with Crippen LogP contribution in [0.25, 0.3) is 0 Å². The van der Waals surface area contributed by atoms with Gasteiger partial charge in [0.25, 0.3) is 5.91 Å². The number of nitrogens with zero attached hydrogens (tertiary/aromatic N) is 1. The van der Waals surface area contributed by atoms with Crippen LogP contribution in [-0.2, 0) is 14.8 Å². The molecular formula is C23H30N2O4S. The molecular weight excluding hydrogens is 400 g/mol. The van der Waals surface area contributed by atoms with Gasteiger partial charge in [-0.3, -0.25) is 4.79 Å². The minimum atomic E-state index is -3.53. The number of hydrogen-bond acceptors (Lipinski definition) is 4. The maximum atomic E-state index is 13.0. The average molecular weight is 431 g/mol. The molecule has 1 heterocycles. The standard InChI is InChI=1S/C23H30N2O4S/c1-4-20-10-5-6-15-25(20)30(27,28)21-13-11-19(12-14-21)24-22(26)16-29-23-17(2)8-7-9-18(23)3/h7-9,11-14,20H,4-6,10,15-16H2,1-3H3,(H,24,26)/t20-/m1/s1. The van der Waals surface area contributed by atoms with E-state index in [1.54, 1.807) is 28.6 Å². The van der Waals surface area contributed by atoms with Crippen LogP contribution in [0.15, 0.2) is 47.4 Å². The minimum absolute atomic E-state index is 0.0604. The first-order chi connectivity index (χ1) is 14.3. The van der Waals surface area contributed by atoms with Gasteiger partial charge in [0.1, 0.15) is 5.75 Å². The van der Waals surface area contributed by atoms with Gasteiger partial charge in [-0.05, 0) is 68.5 Å². The quantitative estimate of drug-likeness (QED) is 0.712. The van der Waals surface area contributed by atoms with Gasteiger partial charge in [-0.15, -0.1) is 0 Å². The lowest BCUT2D eigenvalue weighted by atomic mass is 10.0. The van der Waals surface area contributed by atoms with Gasteiger partial charge in [0.05, 0.1) is 4.90 Å². The predicted molar refractivity (Wildman–Crippen MR) is 118 cm³/mol. The molecule has 1 saturated heterocycles. The molecule has 0 radical (unpaired) electrons. The van der Waals surface area contributed by atoms with Crippen molar-refractivity contribution in [3.8, 4) is 5.75 Å². The largest absolute Gasteiger partial charge is 0.483 e. The van der Waals surface area contributed by atoms with E-state index in [0.717, 1.165) is 36.8 Å². The summed E-state index contributed by atoms with van der Waals surface area (Å²) in [4.78, 5) is 12.5. The molecule has 1 aliphatic heterocycles. The number of nitrogens with one attached hydrogen (secondary N) is 1. The van der Waals surface area contributed by atoms with Gasteiger partial charge in [0.15, 0.2) is 6.61 Å². The average Bonchev–Trinajstić information content (AvgIpc) is 2.73. The molecule has 7 heteroatoms. The maximum Gasteiger partial charge on any atom is 0.262 e. The zero-order valence-electron chi connectivity index (χ0n) is 17.8. The van der Waals surface area contributed by atoms with E-state index in [0.29, 0.717) is 18.0 Å². The van der Waals surface area contributed by atoms with Crippen molar-refractivity contribution in [3.63, 3.8) is 0 Å². The highest BCUT2D eigenvalue weighted by molar-refractivity contribution is 7.89. The molecule has 1 aliphatic rings. The number of ether oxygens (including phenoxy) is 1. The molecule has 3 rings (SSSR count). The molecule has 30 heavy (non-hydrogen) atoms. The van der Waals surface area contributed by atoms with E-state index in [2.05, 4.69) is 5.32 Å². The first-order valence-electron chi connectivity index (χ1n) is 10.4. The lowest BCUT2D eigenvalue weighted by Gasteiger charge is -2.34. The Morgan fingerprint density at radius 1 is 1.10 bits per heavy atom. The molecule has 1 N–H and O–H groups in total. The number of carbonyl (C=O) groups excluding carboxylic acids is 1. The van der Waals surface area contributed by atoms with Crippen LogP contribution in [0.5, 0.6) is 5.75 Å². The molecule has 0 aliphatic carbocycles. The molecule has 2 aromatic rings. The SMILES string of the molecule is CC[C@@H]1CCCCN1S(=O)(=O)c1ccc(NC(=O)COc2c(C)cccc2C)cc1. The molecule has 1 atom stereocenters. The third-order valence-corrected chi connectivity index (χ3v) is 7.51. The Morgan fingerprint density at radius 3 is 2.40 bits per heavy atom. The summed E-state index contributed by atoms with van der Waals surface area (Å²) in [6.45, 7) is 6.35. The Bertz CT molecular complexity index is 967. The number of hydrogen-bond donors (Lipinski definition) is 1. The fourth-order valence-electron chi connectivity index (χ4n) is 3.91. The van der Waals surface area contributed by atoms with E-state index in [-0.39, 0.29) is 23.5 Å². The van der Waals surface area contributed by atoms with E-state index in [1.165, 1.54) is 0 Å². The Kier molecular flexibility index (Phi) is 7.15. The Labute approximate surface area is 179 Å².